The zero-order valence-corrected chi connectivity index (χ0v) is 13.5. The molecule has 0 amide bonds. The maximum absolute atomic E-state index is 10.8. The average molecular weight is 325 g/mol. The first-order valence-electron chi connectivity index (χ1n) is 7.62. The number of rotatable bonds is 5. The van der Waals surface area contributed by atoms with Gasteiger partial charge in [0.25, 0.3) is 0 Å². The molecule has 1 saturated carbocycles. The van der Waals surface area contributed by atoms with Crippen LogP contribution in [0, 0.1) is 5.92 Å². The second-order valence-electron chi connectivity index (χ2n) is 5.98. The van der Waals surface area contributed by atoms with Crippen LogP contribution in [-0.2, 0) is 5.60 Å². The largest absolute Gasteiger partial charge is 0.385 e. The minimum atomic E-state index is -0.581. The number of hydrogen-bond donors (Lipinski definition) is 1. The van der Waals surface area contributed by atoms with Gasteiger partial charge in [0.2, 0.25) is 0 Å². The van der Waals surface area contributed by atoms with Crippen molar-refractivity contribution < 1.29 is 5.11 Å². The van der Waals surface area contributed by atoms with Crippen LogP contribution in [0.4, 0.5) is 0 Å². The van der Waals surface area contributed by atoms with Crippen LogP contribution in [0.3, 0.4) is 0 Å². The molecule has 1 nitrogen and oxygen atoms in total. The predicted octanol–water partition coefficient (Wildman–Crippen LogP) is 5.41. The number of aliphatic hydroxyl groups is 1. The molecular formula is C17H25BrO. The van der Waals surface area contributed by atoms with Gasteiger partial charge in [0.15, 0.2) is 0 Å². The van der Waals surface area contributed by atoms with Gasteiger partial charge >= 0.3 is 0 Å². The highest BCUT2D eigenvalue weighted by Crippen LogP contribution is 2.41. The van der Waals surface area contributed by atoms with E-state index < -0.39 is 5.60 Å². The van der Waals surface area contributed by atoms with E-state index >= 15 is 0 Å². The van der Waals surface area contributed by atoms with Crippen molar-refractivity contribution in [1.82, 2.24) is 0 Å². The van der Waals surface area contributed by atoms with Crippen molar-refractivity contribution in [3.63, 3.8) is 0 Å². The fourth-order valence-corrected chi connectivity index (χ4v) is 3.44. The number of unbranched alkanes of at least 4 members (excludes halogenated alkanes) is 2. The Bertz CT molecular complexity index is 377. The van der Waals surface area contributed by atoms with Crippen molar-refractivity contribution in [2.24, 2.45) is 5.92 Å². The van der Waals surface area contributed by atoms with E-state index in [2.05, 4.69) is 35.0 Å². The van der Waals surface area contributed by atoms with Crippen molar-refractivity contribution in [2.45, 2.75) is 63.9 Å². The highest BCUT2D eigenvalue weighted by atomic mass is 79.9. The Labute approximate surface area is 125 Å². The van der Waals surface area contributed by atoms with Crippen LogP contribution in [-0.4, -0.2) is 5.11 Å². The molecule has 0 aliphatic heterocycles. The smallest absolute Gasteiger partial charge is 0.0896 e. The molecule has 0 spiro atoms. The van der Waals surface area contributed by atoms with Gasteiger partial charge in [-0.3, -0.25) is 0 Å². The quantitative estimate of drug-likeness (QED) is 0.718. The van der Waals surface area contributed by atoms with Crippen LogP contribution >= 0.6 is 15.9 Å². The standard InChI is InChI=1S/C17H25BrO/c1-2-3-4-5-14-10-12-17(19,13-11-14)15-6-8-16(18)9-7-15/h6-9,14,19H,2-5,10-13H2,1H3. The molecule has 0 aromatic heterocycles. The van der Waals surface area contributed by atoms with Crippen LogP contribution in [0.2, 0.25) is 0 Å². The molecule has 0 unspecified atom stereocenters. The van der Waals surface area contributed by atoms with Gasteiger partial charge in [-0.05, 0) is 49.3 Å². The fourth-order valence-electron chi connectivity index (χ4n) is 3.18. The van der Waals surface area contributed by atoms with Gasteiger partial charge in [0.1, 0.15) is 0 Å². The third kappa shape index (κ3) is 4.06. The van der Waals surface area contributed by atoms with Gasteiger partial charge in [-0.25, -0.2) is 0 Å². The third-order valence-electron chi connectivity index (χ3n) is 4.53. The molecule has 0 heterocycles. The summed E-state index contributed by atoms with van der Waals surface area (Å²) in [6, 6.07) is 8.17. The molecular weight excluding hydrogens is 300 g/mol. The summed E-state index contributed by atoms with van der Waals surface area (Å²) in [6.07, 6.45) is 9.56. The highest BCUT2D eigenvalue weighted by Gasteiger charge is 2.34. The van der Waals surface area contributed by atoms with Crippen molar-refractivity contribution in [1.29, 1.82) is 0 Å². The highest BCUT2D eigenvalue weighted by molar-refractivity contribution is 9.10. The minimum Gasteiger partial charge on any atom is -0.385 e. The normalized spacial score (nSPS) is 27.4. The molecule has 106 valence electrons. The van der Waals surface area contributed by atoms with Gasteiger partial charge in [-0.2, -0.15) is 0 Å². The Kier molecular flexibility index (Phi) is 5.47. The first-order chi connectivity index (χ1) is 9.14. The summed E-state index contributed by atoms with van der Waals surface area (Å²) in [5.74, 6) is 0.835. The Morgan fingerprint density at radius 2 is 1.79 bits per heavy atom. The molecule has 1 aromatic rings. The van der Waals surface area contributed by atoms with Crippen LogP contribution in [0.1, 0.15) is 63.9 Å². The molecule has 1 aromatic carbocycles. The topological polar surface area (TPSA) is 20.2 Å². The molecule has 0 bridgehead atoms. The first-order valence-corrected chi connectivity index (χ1v) is 8.42. The van der Waals surface area contributed by atoms with E-state index in [0.717, 1.165) is 28.8 Å². The van der Waals surface area contributed by atoms with Gasteiger partial charge in [0.05, 0.1) is 5.60 Å². The lowest BCUT2D eigenvalue weighted by molar-refractivity contribution is -0.0154. The van der Waals surface area contributed by atoms with Gasteiger partial charge < -0.3 is 5.11 Å². The second-order valence-corrected chi connectivity index (χ2v) is 6.89. The van der Waals surface area contributed by atoms with Crippen LogP contribution in [0.15, 0.2) is 28.7 Å². The molecule has 0 saturated heterocycles. The summed E-state index contributed by atoms with van der Waals surface area (Å²) in [5.41, 5.74) is 0.504. The maximum Gasteiger partial charge on any atom is 0.0896 e. The summed E-state index contributed by atoms with van der Waals surface area (Å²) in [5, 5.41) is 10.8. The summed E-state index contributed by atoms with van der Waals surface area (Å²) in [7, 11) is 0. The summed E-state index contributed by atoms with van der Waals surface area (Å²) >= 11 is 3.45. The lowest BCUT2D eigenvalue weighted by Crippen LogP contribution is -2.31. The molecule has 1 aliphatic carbocycles. The molecule has 0 atom stereocenters. The van der Waals surface area contributed by atoms with E-state index in [4.69, 9.17) is 0 Å². The Morgan fingerprint density at radius 1 is 1.16 bits per heavy atom. The van der Waals surface area contributed by atoms with E-state index in [-0.39, 0.29) is 0 Å². The minimum absolute atomic E-state index is 0.581. The molecule has 1 fully saturated rings. The van der Waals surface area contributed by atoms with Gasteiger partial charge in [0, 0.05) is 4.47 Å². The van der Waals surface area contributed by atoms with E-state index in [1.165, 1.54) is 38.5 Å². The average Bonchev–Trinajstić information content (AvgIpc) is 2.42. The predicted molar refractivity (Wildman–Crippen MR) is 84.1 cm³/mol. The molecule has 2 rings (SSSR count). The second kappa shape index (κ2) is 6.90. The third-order valence-corrected chi connectivity index (χ3v) is 5.06. The van der Waals surface area contributed by atoms with Gasteiger partial charge in [-0.15, -0.1) is 0 Å². The Morgan fingerprint density at radius 3 is 2.37 bits per heavy atom. The number of benzene rings is 1. The Hall–Kier alpha value is -0.340. The summed E-state index contributed by atoms with van der Waals surface area (Å²) < 4.78 is 1.08. The SMILES string of the molecule is CCCCCC1CCC(O)(c2ccc(Br)cc2)CC1. The van der Waals surface area contributed by atoms with Crippen molar-refractivity contribution in [3.05, 3.63) is 34.3 Å². The number of hydrogen-bond acceptors (Lipinski definition) is 1. The zero-order chi connectivity index (χ0) is 13.7. The van der Waals surface area contributed by atoms with E-state index in [1.54, 1.807) is 0 Å². The van der Waals surface area contributed by atoms with Crippen molar-refractivity contribution >= 4 is 15.9 Å². The van der Waals surface area contributed by atoms with Crippen molar-refractivity contribution in [3.8, 4) is 0 Å². The zero-order valence-electron chi connectivity index (χ0n) is 11.9. The van der Waals surface area contributed by atoms with E-state index in [9.17, 15) is 5.11 Å². The van der Waals surface area contributed by atoms with Crippen LogP contribution < -0.4 is 0 Å². The van der Waals surface area contributed by atoms with Gasteiger partial charge in [-0.1, -0.05) is 60.7 Å². The van der Waals surface area contributed by atoms with Crippen LogP contribution in [0.25, 0.3) is 0 Å². The first kappa shape index (κ1) is 15.1. The lowest BCUT2D eigenvalue weighted by Gasteiger charge is -2.36. The fraction of sp³-hybridized carbons (Fsp3) is 0.647. The molecule has 19 heavy (non-hydrogen) atoms. The Balaban J connectivity index is 1.89. The maximum atomic E-state index is 10.8. The summed E-state index contributed by atoms with van der Waals surface area (Å²) in [6.45, 7) is 2.26. The molecule has 1 N–H and O–H groups in total. The monoisotopic (exact) mass is 324 g/mol. The van der Waals surface area contributed by atoms with Crippen LogP contribution in [0.5, 0.6) is 0 Å². The number of halogens is 1. The van der Waals surface area contributed by atoms with Crippen molar-refractivity contribution in [2.75, 3.05) is 0 Å². The summed E-state index contributed by atoms with van der Waals surface area (Å²) in [4.78, 5) is 0. The van der Waals surface area contributed by atoms with E-state index in [0.29, 0.717) is 0 Å². The molecule has 2 heteroatoms. The molecule has 1 aliphatic rings. The molecule has 0 radical (unpaired) electrons. The van der Waals surface area contributed by atoms with E-state index in [1.807, 2.05) is 12.1 Å². The lowest BCUT2D eigenvalue weighted by atomic mass is 9.74.